The summed E-state index contributed by atoms with van der Waals surface area (Å²) in [6, 6.07) is 0. The van der Waals surface area contributed by atoms with Gasteiger partial charge >= 0.3 is 5.97 Å². The van der Waals surface area contributed by atoms with Gasteiger partial charge in [0.1, 0.15) is 0 Å². The van der Waals surface area contributed by atoms with Gasteiger partial charge < -0.3 is 14.6 Å². The highest BCUT2D eigenvalue weighted by molar-refractivity contribution is 5.85. The molecular weight excluding hydrogens is 172 g/mol. The fourth-order valence-corrected chi connectivity index (χ4v) is 0.863. The first-order chi connectivity index (χ1) is 6.20. The summed E-state index contributed by atoms with van der Waals surface area (Å²) in [5.41, 5.74) is 0.225. The molecule has 13 heavy (non-hydrogen) atoms. The Morgan fingerprint density at radius 2 is 2.46 bits per heavy atom. The number of epoxide rings is 1. The number of carboxylic acids is 1. The molecule has 0 aromatic heterocycles. The van der Waals surface area contributed by atoms with Gasteiger partial charge in [0.15, 0.2) is 0 Å². The van der Waals surface area contributed by atoms with Crippen molar-refractivity contribution in [2.24, 2.45) is 0 Å². The molecule has 1 heterocycles. The normalized spacial score (nSPS) is 21.3. The largest absolute Gasteiger partial charge is 0.501 e. The van der Waals surface area contributed by atoms with E-state index in [9.17, 15) is 4.79 Å². The maximum absolute atomic E-state index is 10.3. The second-order valence-electron chi connectivity index (χ2n) is 3.07. The van der Waals surface area contributed by atoms with Gasteiger partial charge in [-0.05, 0) is 19.8 Å². The van der Waals surface area contributed by atoms with Gasteiger partial charge in [-0.3, -0.25) is 0 Å². The molecule has 1 aliphatic heterocycles. The van der Waals surface area contributed by atoms with Crippen LogP contribution in [0.4, 0.5) is 0 Å². The first-order valence-electron chi connectivity index (χ1n) is 4.33. The lowest BCUT2D eigenvalue weighted by Crippen LogP contribution is -1.98. The Labute approximate surface area is 77.1 Å². The SMILES string of the molecule is CC(=COCCCC1CO1)C(=O)O. The third kappa shape index (κ3) is 4.52. The zero-order chi connectivity index (χ0) is 9.68. The van der Waals surface area contributed by atoms with Crippen molar-refractivity contribution in [1.82, 2.24) is 0 Å². The minimum atomic E-state index is -0.939. The molecule has 0 aromatic rings. The highest BCUT2D eigenvalue weighted by Gasteiger charge is 2.21. The molecule has 1 rings (SSSR count). The molecule has 4 nitrogen and oxygen atoms in total. The van der Waals surface area contributed by atoms with Gasteiger partial charge in [0.2, 0.25) is 0 Å². The molecule has 0 aliphatic carbocycles. The quantitative estimate of drug-likeness (QED) is 0.293. The minimum Gasteiger partial charge on any atom is -0.501 e. The van der Waals surface area contributed by atoms with E-state index in [-0.39, 0.29) is 5.57 Å². The van der Waals surface area contributed by atoms with Crippen LogP contribution >= 0.6 is 0 Å². The summed E-state index contributed by atoms with van der Waals surface area (Å²) >= 11 is 0. The molecule has 1 saturated heterocycles. The smallest absolute Gasteiger partial charge is 0.334 e. The van der Waals surface area contributed by atoms with Gasteiger partial charge in [-0.25, -0.2) is 4.79 Å². The van der Waals surface area contributed by atoms with Crippen molar-refractivity contribution in [3.8, 4) is 0 Å². The minimum absolute atomic E-state index is 0.225. The molecule has 1 fully saturated rings. The molecule has 1 unspecified atom stereocenters. The Kier molecular flexibility index (Phi) is 3.76. The van der Waals surface area contributed by atoms with E-state index < -0.39 is 5.97 Å². The monoisotopic (exact) mass is 186 g/mol. The number of carbonyl (C=O) groups is 1. The Hall–Kier alpha value is -1.03. The summed E-state index contributed by atoms with van der Waals surface area (Å²) in [5.74, 6) is -0.939. The van der Waals surface area contributed by atoms with Gasteiger partial charge in [-0.1, -0.05) is 0 Å². The number of aliphatic carboxylic acids is 1. The third-order valence-corrected chi connectivity index (χ3v) is 1.79. The van der Waals surface area contributed by atoms with Crippen LogP contribution in [0.3, 0.4) is 0 Å². The van der Waals surface area contributed by atoms with Crippen molar-refractivity contribution < 1.29 is 19.4 Å². The molecule has 1 atom stereocenters. The van der Waals surface area contributed by atoms with Crippen LogP contribution in [-0.4, -0.2) is 30.4 Å². The van der Waals surface area contributed by atoms with Crippen molar-refractivity contribution in [3.63, 3.8) is 0 Å². The van der Waals surface area contributed by atoms with Crippen LogP contribution in [0, 0.1) is 0 Å². The molecule has 0 amide bonds. The van der Waals surface area contributed by atoms with Crippen LogP contribution in [-0.2, 0) is 14.3 Å². The zero-order valence-corrected chi connectivity index (χ0v) is 7.66. The van der Waals surface area contributed by atoms with E-state index in [1.807, 2.05) is 0 Å². The van der Waals surface area contributed by atoms with Gasteiger partial charge in [-0.2, -0.15) is 0 Å². The standard InChI is InChI=1S/C9H14O4/c1-7(9(10)11)5-12-4-2-3-8-6-13-8/h5,8H,2-4,6H2,1H3,(H,10,11). The van der Waals surface area contributed by atoms with Crippen LogP contribution in [0.1, 0.15) is 19.8 Å². The first kappa shape index (κ1) is 10.1. The molecule has 0 spiro atoms. The maximum atomic E-state index is 10.3. The van der Waals surface area contributed by atoms with Crippen LogP contribution < -0.4 is 0 Å². The van der Waals surface area contributed by atoms with Crippen LogP contribution in [0.15, 0.2) is 11.8 Å². The van der Waals surface area contributed by atoms with Gasteiger partial charge in [-0.15, -0.1) is 0 Å². The highest BCUT2D eigenvalue weighted by Crippen LogP contribution is 2.15. The predicted octanol–water partition coefficient (Wildman–Crippen LogP) is 1.17. The molecule has 4 heteroatoms. The number of carboxylic acid groups (broad SMARTS) is 1. The Balaban J connectivity index is 1.98. The molecule has 74 valence electrons. The Morgan fingerprint density at radius 3 is 3.00 bits per heavy atom. The van der Waals surface area contributed by atoms with E-state index in [0.717, 1.165) is 19.4 Å². The van der Waals surface area contributed by atoms with Crippen LogP contribution in [0.5, 0.6) is 0 Å². The average Bonchev–Trinajstić information content (AvgIpc) is 2.87. The van der Waals surface area contributed by atoms with Crippen molar-refractivity contribution >= 4 is 5.97 Å². The summed E-state index contributed by atoms with van der Waals surface area (Å²) in [4.78, 5) is 10.3. The second kappa shape index (κ2) is 4.87. The fourth-order valence-electron chi connectivity index (χ4n) is 0.863. The molecule has 0 radical (unpaired) electrons. The number of rotatable bonds is 6. The van der Waals surface area contributed by atoms with Crippen molar-refractivity contribution in [2.45, 2.75) is 25.9 Å². The number of hydrogen-bond acceptors (Lipinski definition) is 3. The van der Waals surface area contributed by atoms with E-state index in [1.165, 1.54) is 13.2 Å². The molecule has 0 bridgehead atoms. The average molecular weight is 186 g/mol. The van der Waals surface area contributed by atoms with E-state index in [1.54, 1.807) is 0 Å². The molecule has 1 aliphatic rings. The van der Waals surface area contributed by atoms with Crippen molar-refractivity contribution in [2.75, 3.05) is 13.2 Å². The van der Waals surface area contributed by atoms with Gasteiger partial charge in [0.25, 0.3) is 0 Å². The summed E-state index contributed by atoms with van der Waals surface area (Å²) in [6.45, 7) is 2.93. The lowest BCUT2D eigenvalue weighted by molar-refractivity contribution is -0.132. The molecular formula is C9H14O4. The topological polar surface area (TPSA) is 59.1 Å². The lowest BCUT2D eigenvalue weighted by Gasteiger charge is -1.99. The zero-order valence-electron chi connectivity index (χ0n) is 7.66. The maximum Gasteiger partial charge on any atom is 0.334 e. The fraction of sp³-hybridized carbons (Fsp3) is 0.667. The summed E-state index contributed by atoms with van der Waals surface area (Å²) in [6.07, 6.45) is 3.62. The molecule has 1 N–H and O–H groups in total. The molecule has 0 saturated carbocycles. The predicted molar refractivity (Wildman–Crippen MR) is 46.3 cm³/mol. The van der Waals surface area contributed by atoms with E-state index in [2.05, 4.69) is 0 Å². The van der Waals surface area contributed by atoms with Crippen molar-refractivity contribution in [1.29, 1.82) is 0 Å². The first-order valence-corrected chi connectivity index (χ1v) is 4.33. The van der Waals surface area contributed by atoms with E-state index >= 15 is 0 Å². The van der Waals surface area contributed by atoms with Gasteiger partial charge in [0.05, 0.1) is 31.2 Å². The summed E-state index contributed by atoms with van der Waals surface area (Å²) < 4.78 is 10.0. The molecule has 0 aromatic carbocycles. The van der Waals surface area contributed by atoms with Gasteiger partial charge in [0, 0.05) is 0 Å². The Morgan fingerprint density at radius 1 is 1.77 bits per heavy atom. The number of ether oxygens (including phenoxy) is 2. The highest BCUT2D eigenvalue weighted by atomic mass is 16.6. The number of hydrogen-bond donors (Lipinski definition) is 1. The van der Waals surface area contributed by atoms with Crippen LogP contribution in [0.2, 0.25) is 0 Å². The second-order valence-corrected chi connectivity index (χ2v) is 3.07. The van der Waals surface area contributed by atoms with E-state index in [4.69, 9.17) is 14.6 Å². The lowest BCUT2D eigenvalue weighted by atomic mass is 10.2. The third-order valence-electron chi connectivity index (χ3n) is 1.79. The van der Waals surface area contributed by atoms with E-state index in [0.29, 0.717) is 12.7 Å². The van der Waals surface area contributed by atoms with Crippen LogP contribution in [0.25, 0.3) is 0 Å². The van der Waals surface area contributed by atoms with Crippen molar-refractivity contribution in [3.05, 3.63) is 11.8 Å². The summed E-state index contributed by atoms with van der Waals surface area (Å²) in [5, 5.41) is 8.47. The Bertz CT molecular complexity index is 206. The summed E-state index contributed by atoms with van der Waals surface area (Å²) in [7, 11) is 0.